The van der Waals surface area contributed by atoms with Gasteiger partial charge in [0.2, 0.25) is 0 Å². The van der Waals surface area contributed by atoms with E-state index in [9.17, 15) is 8.42 Å². The minimum absolute atomic E-state index is 0.0534. The summed E-state index contributed by atoms with van der Waals surface area (Å²) >= 11 is 0. The fourth-order valence-corrected chi connectivity index (χ4v) is 3.04. The van der Waals surface area contributed by atoms with E-state index in [4.69, 9.17) is 4.55 Å². The molecule has 0 saturated carbocycles. The van der Waals surface area contributed by atoms with Gasteiger partial charge >= 0.3 is 0 Å². The van der Waals surface area contributed by atoms with E-state index in [2.05, 4.69) is 13.0 Å². The van der Waals surface area contributed by atoms with E-state index in [0.717, 1.165) is 17.2 Å². The van der Waals surface area contributed by atoms with Crippen molar-refractivity contribution in [2.24, 2.45) is 0 Å². The molecule has 2 aromatic rings. The van der Waals surface area contributed by atoms with Crippen molar-refractivity contribution in [3.05, 3.63) is 42.0 Å². The smallest absolute Gasteiger partial charge is 0.282 e. The highest BCUT2D eigenvalue weighted by molar-refractivity contribution is 7.85. The lowest BCUT2D eigenvalue weighted by Gasteiger charge is -2.05. The van der Waals surface area contributed by atoms with E-state index >= 15 is 0 Å². The van der Waals surface area contributed by atoms with E-state index in [1.165, 1.54) is 49.8 Å². The van der Waals surface area contributed by atoms with Crippen LogP contribution in [-0.4, -0.2) is 13.0 Å². The minimum Gasteiger partial charge on any atom is -0.282 e. The topological polar surface area (TPSA) is 54.4 Å². The van der Waals surface area contributed by atoms with Crippen LogP contribution in [0.25, 0.3) is 10.8 Å². The molecule has 0 atom stereocenters. The molecule has 0 bridgehead atoms. The summed E-state index contributed by atoms with van der Waals surface area (Å²) in [5.74, 6) is 0. The Bertz CT molecular complexity index is 705. The monoisotopic (exact) mass is 306 g/mol. The molecule has 0 amide bonds. The van der Waals surface area contributed by atoms with Gasteiger partial charge in [0.15, 0.2) is 0 Å². The van der Waals surface area contributed by atoms with Gasteiger partial charge in [0.25, 0.3) is 10.1 Å². The number of aryl methyl sites for hydroxylation is 1. The molecule has 0 fully saturated rings. The molecule has 0 radical (unpaired) electrons. The molecule has 0 saturated heterocycles. The molecule has 21 heavy (non-hydrogen) atoms. The number of benzene rings is 2. The Kier molecular flexibility index (Phi) is 5.37. The van der Waals surface area contributed by atoms with Crippen molar-refractivity contribution in [2.45, 2.75) is 50.3 Å². The molecule has 114 valence electrons. The van der Waals surface area contributed by atoms with E-state index in [1.54, 1.807) is 6.07 Å². The molecule has 1 N–H and O–H groups in total. The van der Waals surface area contributed by atoms with E-state index in [-0.39, 0.29) is 4.90 Å². The maximum Gasteiger partial charge on any atom is 0.294 e. The standard InChI is InChI=1S/C17H22O3S/c1-2-3-4-5-6-7-14-8-9-16-13-17(21(18,19)20)11-10-15(16)12-14/h8-13H,2-7H2,1H3,(H,18,19,20). The van der Waals surface area contributed by atoms with Crippen molar-refractivity contribution in [1.82, 2.24) is 0 Å². The van der Waals surface area contributed by atoms with Gasteiger partial charge in [-0.15, -0.1) is 0 Å². The molecule has 0 aliphatic heterocycles. The molecule has 2 rings (SSSR count). The fourth-order valence-electron chi connectivity index (χ4n) is 2.52. The average molecular weight is 306 g/mol. The Morgan fingerprint density at radius 2 is 1.57 bits per heavy atom. The number of unbranched alkanes of at least 4 members (excludes halogenated alkanes) is 4. The van der Waals surface area contributed by atoms with Crippen LogP contribution in [0.15, 0.2) is 41.3 Å². The van der Waals surface area contributed by atoms with Gasteiger partial charge < -0.3 is 0 Å². The molecule has 0 aromatic heterocycles. The van der Waals surface area contributed by atoms with Gasteiger partial charge in [-0.25, -0.2) is 0 Å². The van der Waals surface area contributed by atoms with Crippen LogP contribution in [-0.2, 0) is 16.5 Å². The van der Waals surface area contributed by atoms with Crippen LogP contribution in [0, 0.1) is 0 Å². The van der Waals surface area contributed by atoms with Crippen LogP contribution in [0.1, 0.15) is 44.6 Å². The van der Waals surface area contributed by atoms with Crippen LogP contribution < -0.4 is 0 Å². The summed E-state index contributed by atoms with van der Waals surface area (Å²) in [6.07, 6.45) is 7.35. The van der Waals surface area contributed by atoms with Crippen LogP contribution in [0.3, 0.4) is 0 Å². The predicted octanol–water partition coefficient (Wildman–Crippen LogP) is 4.60. The normalized spacial score (nSPS) is 11.9. The van der Waals surface area contributed by atoms with Gasteiger partial charge in [-0.05, 0) is 41.3 Å². The Morgan fingerprint density at radius 3 is 2.29 bits per heavy atom. The first-order chi connectivity index (χ1) is 10.0. The molecule has 0 unspecified atom stereocenters. The third-order valence-corrected chi connectivity index (χ3v) is 4.59. The summed E-state index contributed by atoms with van der Waals surface area (Å²) in [5, 5.41) is 1.84. The first kappa shape index (κ1) is 16.0. The third kappa shape index (κ3) is 4.55. The molecule has 0 aliphatic carbocycles. The molecule has 3 nitrogen and oxygen atoms in total. The highest BCUT2D eigenvalue weighted by atomic mass is 32.2. The Labute approximate surface area is 126 Å². The zero-order valence-electron chi connectivity index (χ0n) is 12.4. The lowest BCUT2D eigenvalue weighted by molar-refractivity contribution is 0.483. The van der Waals surface area contributed by atoms with Gasteiger partial charge in [-0.1, -0.05) is 56.9 Å². The zero-order valence-corrected chi connectivity index (χ0v) is 13.2. The molecule has 2 aromatic carbocycles. The van der Waals surface area contributed by atoms with Crippen LogP contribution >= 0.6 is 0 Å². The Balaban J connectivity index is 2.08. The van der Waals surface area contributed by atoms with Crippen molar-refractivity contribution in [2.75, 3.05) is 0 Å². The number of rotatable bonds is 7. The molecule has 0 aliphatic rings. The maximum atomic E-state index is 11.1. The summed E-state index contributed by atoms with van der Waals surface area (Å²) in [4.78, 5) is -0.0534. The van der Waals surface area contributed by atoms with Gasteiger partial charge in [0, 0.05) is 0 Å². The number of hydrogen-bond acceptors (Lipinski definition) is 2. The number of hydrogen-bond donors (Lipinski definition) is 1. The number of fused-ring (bicyclic) bond motifs is 1. The minimum atomic E-state index is -4.13. The average Bonchev–Trinajstić information content (AvgIpc) is 2.45. The Morgan fingerprint density at radius 1 is 0.905 bits per heavy atom. The predicted molar refractivity (Wildman–Crippen MR) is 86.2 cm³/mol. The summed E-state index contributed by atoms with van der Waals surface area (Å²) in [6, 6.07) is 10.8. The quantitative estimate of drug-likeness (QED) is 0.601. The van der Waals surface area contributed by atoms with Gasteiger partial charge in [0.05, 0.1) is 4.90 Å². The lowest BCUT2D eigenvalue weighted by Crippen LogP contribution is -1.97. The highest BCUT2D eigenvalue weighted by Gasteiger charge is 2.09. The molecule has 0 heterocycles. The van der Waals surface area contributed by atoms with Crippen molar-refractivity contribution in [1.29, 1.82) is 0 Å². The Hall–Kier alpha value is -1.39. The van der Waals surface area contributed by atoms with Crippen molar-refractivity contribution in [3.8, 4) is 0 Å². The molecule has 0 spiro atoms. The summed E-state index contributed by atoms with van der Waals surface area (Å²) in [5.41, 5.74) is 1.28. The van der Waals surface area contributed by atoms with Gasteiger partial charge in [-0.2, -0.15) is 8.42 Å². The SMILES string of the molecule is CCCCCCCc1ccc2cc(S(=O)(=O)O)ccc2c1. The van der Waals surface area contributed by atoms with Crippen molar-refractivity contribution in [3.63, 3.8) is 0 Å². The van der Waals surface area contributed by atoms with E-state index < -0.39 is 10.1 Å². The second-order valence-electron chi connectivity index (χ2n) is 5.48. The van der Waals surface area contributed by atoms with Gasteiger partial charge in [-0.3, -0.25) is 4.55 Å². The van der Waals surface area contributed by atoms with Crippen molar-refractivity contribution >= 4 is 20.9 Å². The maximum absolute atomic E-state index is 11.1. The van der Waals surface area contributed by atoms with E-state index in [0.29, 0.717) is 0 Å². The first-order valence-corrected chi connectivity index (χ1v) is 8.95. The summed E-state index contributed by atoms with van der Waals surface area (Å²) < 4.78 is 31.3. The molecular weight excluding hydrogens is 284 g/mol. The second-order valence-corrected chi connectivity index (χ2v) is 6.90. The van der Waals surface area contributed by atoms with E-state index in [1.807, 2.05) is 12.1 Å². The fraction of sp³-hybridized carbons (Fsp3) is 0.412. The summed E-state index contributed by atoms with van der Waals surface area (Å²) in [7, 11) is -4.13. The largest absolute Gasteiger partial charge is 0.294 e. The third-order valence-electron chi connectivity index (χ3n) is 3.74. The summed E-state index contributed by atoms with van der Waals surface area (Å²) in [6.45, 7) is 2.21. The van der Waals surface area contributed by atoms with Gasteiger partial charge in [0.1, 0.15) is 0 Å². The highest BCUT2D eigenvalue weighted by Crippen LogP contribution is 2.21. The zero-order chi connectivity index (χ0) is 15.3. The van der Waals surface area contributed by atoms with Crippen molar-refractivity contribution < 1.29 is 13.0 Å². The molecular formula is C17H22O3S. The van der Waals surface area contributed by atoms with Crippen LogP contribution in [0.5, 0.6) is 0 Å². The van der Waals surface area contributed by atoms with Crippen LogP contribution in [0.4, 0.5) is 0 Å². The van der Waals surface area contributed by atoms with Crippen LogP contribution in [0.2, 0.25) is 0 Å². The first-order valence-electron chi connectivity index (χ1n) is 7.51. The molecule has 4 heteroatoms. The second kappa shape index (κ2) is 7.05. The lowest BCUT2D eigenvalue weighted by atomic mass is 10.0.